The van der Waals surface area contributed by atoms with Gasteiger partial charge in [-0.25, -0.2) is 0 Å². The molecule has 0 fully saturated rings. The monoisotopic (exact) mass is 642 g/mol. The van der Waals surface area contributed by atoms with E-state index in [1.54, 1.807) is 21.3 Å². The Morgan fingerprint density at radius 2 is 0.974 bits per heavy atom. The van der Waals surface area contributed by atoms with Gasteiger partial charge in [0.2, 0.25) is 5.75 Å². The summed E-state index contributed by atoms with van der Waals surface area (Å²) >= 11 is 7.65. The quantitative estimate of drug-likeness (QED) is 0.177. The van der Waals surface area contributed by atoms with Crippen molar-refractivity contribution in [3.63, 3.8) is 0 Å². The second kappa shape index (κ2) is 11.7. The van der Waals surface area contributed by atoms with Crippen molar-refractivity contribution in [1.82, 2.24) is 0 Å². The van der Waals surface area contributed by atoms with Gasteiger partial charge in [-0.3, -0.25) is 0 Å². The predicted octanol–water partition coefficient (Wildman–Crippen LogP) is 10.2. The van der Waals surface area contributed by atoms with Gasteiger partial charge in [0, 0.05) is 8.95 Å². The van der Waals surface area contributed by atoms with E-state index < -0.39 is 0 Å². The Morgan fingerprint density at radius 3 is 1.41 bits per heavy atom. The van der Waals surface area contributed by atoms with Crippen molar-refractivity contribution < 1.29 is 14.2 Å². The molecule has 5 rings (SSSR count). The molecule has 39 heavy (non-hydrogen) atoms. The molecule has 196 valence electrons. The van der Waals surface area contributed by atoms with Crippen LogP contribution >= 0.6 is 31.9 Å². The third kappa shape index (κ3) is 5.34. The fourth-order valence-electron chi connectivity index (χ4n) is 4.88. The first-order chi connectivity index (χ1) is 18.9. The first kappa shape index (κ1) is 27.0. The van der Waals surface area contributed by atoms with Crippen LogP contribution in [-0.2, 0) is 0 Å². The SMILES string of the molecule is COc1cc(-c2c(-c3ccccc3Br)cc(-c3ccc(C)cc3)cc2-c2ccccc2Br)cc(OC)c1OC. The van der Waals surface area contributed by atoms with E-state index in [9.17, 15) is 0 Å². The maximum atomic E-state index is 5.76. The molecule has 0 N–H and O–H groups in total. The van der Waals surface area contributed by atoms with Crippen molar-refractivity contribution in [2.24, 2.45) is 0 Å². The summed E-state index contributed by atoms with van der Waals surface area (Å²) in [5.74, 6) is 1.76. The molecule has 0 unspecified atom stereocenters. The van der Waals surface area contributed by atoms with Crippen molar-refractivity contribution in [2.75, 3.05) is 21.3 Å². The molecule has 0 saturated carbocycles. The van der Waals surface area contributed by atoms with Crippen LogP contribution in [0.5, 0.6) is 17.2 Å². The summed E-state index contributed by atoms with van der Waals surface area (Å²) in [6.45, 7) is 2.11. The van der Waals surface area contributed by atoms with Gasteiger partial charge in [-0.2, -0.15) is 0 Å². The molecule has 0 aliphatic rings. The van der Waals surface area contributed by atoms with Crippen molar-refractivity contribution in [1.29, 1.82) is 0 Å². The van der Waals surface area contributed by atoms with Crippen LogP contribution in [0.2, 0.25) is 0 Å². The minimum Gasteiger partial charge on any atom is -0.493 e. The average molecular weight is 644 g/mol. The van der Waals surface area contributed by atoms with E-state index in [0.717, 1.165) is 53.5 Å². The number of hydrogen-bond donors (Lipinski definition) is 0. The maximum absolute atomic E-state index is 5.76. The van der Waals surface area contributed by atoms with Crippen molar-refractivity contribution in [3.8, 4) is 61.8 Å². The zero-order chi connectivity index (χ0) is 27.5. The predicted molar refractivity (Wildman–Crippen MR) is 168 cm³/mol. The smallest absolute Gasteiger partial charge is 0.203 e. The lowest BCUT2D eigenvalue weighted by atomic mass is 9.84. The van der Waals surface area contributed by atoms with Crippen LogP contribution < -0.4 is 14.2 Å². The molecule has 5 aromatic rings. The van der Waals surface area contributed by atoms with Crippen molar-refractivity contribution in [2.45, 2.75) is 6.92 Å². The number of ether oxygens (including phenoxy) is 3. The van der Waals surface area contributed by atoms with Gasteiger partial charge in [0.25, 0.3) is 0 Å². The van der Waals surface area contributed by atoms with Gasteiger partial charge in [0.05, 0.1) is 21.3 Å². The number of benzene rings is 5. The van der Waals surface area contributed by atoms with E-state index in [2.05, 4.69) is 112 Å². The standard InChI is InChI=1S/C34H28Br2O3/c1-21-13-15-22(16-14-21)23-17-27(25-9-5-7-11-29(25)35)33(28(18-23)26-10-6-8-12-30(26)36)24-19-31(37-2)34(39-4)32(20-24)38-3/h5-20H,1-4H3. The summed E-state index contributed by atoms with van der Waals surface area (Å²) < 4.78 is 19.2. The summed E-state index contributed by atoms with van der Waals surface area (Å²) in [5.41, 5.74) is 9.86. The van der Waals surface area contributed by atoms with E-state index in [0.29, 0.717) is 17.2 Å². The van der Waals surface area contributed by atoms with Crippen LogP contribution in [0.15, 0.2) is 106 Å². The summed E-state index contributed by atoms with van der Waals surface area (Å²) in [6, 6.07) is 33.9. The molecule has 0 atom stereocenters. The Bertz CT molecular complexity index is 1550. The molecule has 0 spiro atoms. The lowest BCUT2D eigenvalue weighted by Crippen LogP contribution is -1.98. The number of rotatable bonds is 7. The van der Waals surface area contributed by atoms with Gasteiger partial charge >= 0.3 is 0 Å². The Hall–Kier alpha value is -3.54. The molecule has 0 amide bonds. The third-order valence-electron chi connectivity index (χ3n) is 6.80. The molecule has 0 bridgehead atoms. The molecule has 5 heteroatoms. The lowest BCUT2D eigenvalue weighted by Gasteiger charge is -2.22. The van der Waals surface area contributed by atoms with Crippen LogP contribution in [0.25, 0.3) is 44.5 Å². The fourth-order valence-corrected chi connectivity index (χ4v) is 5.87. The molecule has 0 heterocycles. The van der Waals surface area contributed by atoms with Crippen LogP contribution in [0.1, 0.15) is 5.56 Å². The van der Waals surface area contributed by atoms with Gasteiger partial charge < -0.3 is 14.2 Å². The van der Waals surface area contributed by atoms with Crippen LogP contribution in [0.3, 0.4) is 0 Å². The van der Waals surface area contributed by atoms with E-state index in [1.807, 2.05) is 24.3 Å². The van der Waals surface area contributed by atoms with Gasteiger partial charge in [-0.15, -0.1) is 0 Å². The summed E-state index contributed by atoms with van der Waals surface area (Å²) in [5, 5.41) is 0. The third-order valence-corrected chi connectivity index (χ3v) is 8.19. The number of aryl methyl sites for hydroxylation is 1. The van der Waals surface area contributed by atoms with E-state index in [1.165, 1.54) is 5.56 Å². The number of hydrogen-bond acceptors (Lipinski definition) is 3. The van der Waals surface area contributed by atoms with E-state index in [4.69, 9.17) is 14.2 Å². The highest BCUT2D eigenvalue weighted by Gasteiger charge is 2.22. The molecule has 0 radical (unpaired) electrons. The molecule has 0 aliphatic heterocycles. The number of halogens is 2. The normalized spacial score (nSPS) is 10.8. The summed E-state index contributed by atoms with van der Waals surface area (Å²) in [6.07, 6.45) is 0. The van der Waals surface area contributed by atoms with Crippen molar-refractivity contribution >= 4 is 31.9 Å². The zero-order valence-corrected chi connectivity index (χ0v) is 25.4. The Balaban J connectivity index is 1.94. The second-order valence-corrected chi connectivity index (χ2v) is 10.9. The first-order valence-corrected chi connectivity index (χ1v) is 14.1. The molecule has 0 aliphatic carbocycles. The minimum absolute atomic E-state index is 0.560. The molecule has 0 saturated heterocycles. The number of methoxy groups -OCH3 is 3. The second-order valence-electron chi connectivity index (χ2n) is 9.19. The largest absolute Gasteiger partial charge is 0.493 e. The molecular weight excluding hydrogens is 616 g/mol. The summed E-state index contributed by atoms with van der Waals surface area (Å²) in [7, 11) is 4.91. The highest BCUT2D eigenvalue weighted by Crippen LogP contribution is 2.49. The van der Waals surface area contributed by atoms with E-state index in [-0.39, 0.29) is 0 Å². The van der Waals surface area contributed by atoms with Gasteiger partial charge in [0.1, 0.15) is 0 Å². The average Bonchev–Trinajstić information content (AvgIpc) is 2.96. The lowest BCUT2D eigenvalue weighted by molar-refractivity contribution is 0.324. The molecular formula is C34H28Br2O3. The molecule has 0 aromatic heterocycles. The zero-order valence-electron chi connectivity index (χ0n) is 22.2. The highest BCUT2D eigenvalue weighted by molar-refractivity contribution is 9.11. The van der Waals surface area contributed by atoms with E-state index >= 15 is 0 Å². The van der Waals surface area contributed by atoms with Gasteiger partial charge in [-0.1, -0.05) is 98.1 Å². The minimum atomic E-state index is 0.560. The van der Waals surface area contributed by atoms with Gasteiger partial charge in [-0.05, 0) is 87.8 Å². The highest BCUT2D eigenvalue weighted by atomic mass is 79.9. The Kier molecular flexibility index (Phi) is 8.10. The first-order valence-electron chi connectivity index (χ1n) is 12.5. The van der Waals surface area contributed by atoms with Crippen LogP contribution in [0.4, 0.5) is 0 Å². The van der Waals surface area contributed by atoms with Crippen LogP contribution in [-0.4, -0.2) is 21.3 Å². The fraction of sp³-hybridized carbons (Fsp3) is 0.118. The summed E-state index contributed by atoms with van der Waals surface area (Å²) in [4.78, 5) is 0. The van der Waals surface area contributed by atoms with Crippen molar-refractivity contribution in [3.05, 3.63) is 112 Å². The Labute approximate surface area is 246 Å². The molecule has 5 aromatic carbocycles. The topological polar surface area (TPSA) is 27.7 Å². The van der Waals surface area contributed by atoms with Crippen LogP contribution in [0, 0.1) is 6.92 Å². The van der Waals surface area contributed by atoms with Gasteiger partial charge in [0.15, 0.2) is 11.5 Å². The molecule has 3 nitrogen and oxygen atoms in total. The maximum Gasteiger partial charge on any atom is 0.203 e. The Morgan fingerprint density at radius 1 is 0.487 bits per heavy atom.